The number of H-pyrrole nitrogens is 1. The number of halogens is 5. The van der Waals surface area contributed by atoms with Gasteiger partial charge in [-0.2, -0.15) is 23.4 Å². The standard InChI is InChI=1S/C23H20Cl2F3N7O3S/c1-22(2,10-39(3)38)32-21(37)16-17-11(9-30-33-17)7-13(25)18(16)31-20(36)14-8-15(23(26,27)28)34-35(14)19-12(24)5-4-6-29-19/h4-9H,10H2,1-3H3,(H,30,33)(H,31,36)(H,32,37). The molecule has 3 heterocycles. The van der Waals surface area contributed by atoms with Crippen molar-refractivity contribution in [3.63, 3.8) is 0 Å². The van der Waals surface area contributed by atoms with Crippen molar-refractivity contribution in [3.8, 4) is 5.82 Å². The molecule has 39 heavy (non-hydrogen) atoms. The Hall–Kier alpha value is -3.49. The molecule has 0 radical (unpaired) electrons. The van der Waals surface area contributed by atoms with Gasteiger partial charge in [0.05, 0.1) is 33.0 Å². The number of anilines is 1. The van der Waals surface area contributed by atoms with E-state index in [1.54, 1.807) is 13.8 Å². The molecular weight excluding hydrogens is 582 g/mol. The molecule has 16 heteroatoms. The number of rotatable bonds is 7. The van der Waals surface area contributed by atoms with E-state index in [0.29, 0.717) is 16.1 Å². The van der Waals surface area contributed by atoms with Crippen LogP contribution >= 0.6 is 23.2 Å². The summed E-state index contributed by atoms with van der Waals surface area (Å²) in [5, 5.41) is 15.6. The fourth-order valence-electron chi connectivity index (χ4n) is 3.88. The van der Waals surface area contributed by atoms with Crippen molar-refractivity contribution < 1.29 is 27.0 Å². The second-order valence-corrected chi connectivity index (χ2v) is 11.3. The van der Waals surface area contributed by atoms with Gasteiger partial charge in [-0.15, -0.1) is 0 Å². The maximum Gasteiger partial charge on any atom is 0.435 e. The summed E-state index contributed by atoms with van der Waals surface area (Å²) in [6.07, 6.45) is -0.722. The van der Waals surface area contributed by atoms with Crippen LogP contribution in [0.4, 0.5) is 18.9 Å². The van der Waals surface area contributed by atoms with Gasteiger partial charge in [0.15, 0.2) is 11.5 Å². The van der Waals surface area contributed by atoms with Gasteiger partial charge in [-0.1, -0.05) is 23.2 Å². The molecule has 0 saturated heterocycles. The van der Waals surface area contributed by atoms with Gasteiger partial charge in [0, 0.05) is 46.0 Å². The maximum atomic E-state index is 13.5. The fraction of sp³-hybridized carbons (Fsp3) is 0.261. The number of aromatic nitrogens is 5. The quantitative estimate of drug-likeness (QED) is 0.283. The van der Waals surface area contributed by atoms with E-state index in [0.717, 1.165) is 0 Å². The number of hydrogen-bond acceptors (Lipinski definition) is 6. The first-order chi connectivity index (χ1) is 18.2. The van der Waals surface area contributed by atoms with E-state index in [2.05, 4.69) is 30.9 Å². The van der Waals surface area contributed by atoms with Crippen molar-refractivity contribution in [2.45, 2.75) is 25.6 Å². The Bertz CT molecular complexity index is 1620. The number of carbonyl (C=O) groups is 2. The van der Waals surface area contributed by atoms with E-state index < -0.39 is 45.7 Å². The van der Waals surface area contributed by atoms with Gasteiger partial charge in [0.1, 0.15) is 5.69 Å². The number of aromatic amines is 1. The number of fused-ring (bicyclic) bond motifs is 1. The van der Waals surface area contributed by atoms with Crippen molar-refractivity contribution in [2.75, 3.05) is 17.3 Å². The summed E-state index contributed by atoms with van der Waals surface area (Å²) in [6, 6.07) is 4.78. The summed E-state index contributed by atoms with van der Waals surface area (Å²) in [5.74, 6) is -1.88. The number of pyridine rings is 1. The molecule has 0 spiro atoms. The van der Waals surface area contributed by atoms with Crippen LogP contribution in [0.3, 0.4) is 0 Å². The average molecular weight is 602 g/mol. The van der Waals surface area contributed by atoms with E-state index in [-0.39, 0.29) is 38.4 Å². The first kappa shape index (κ1) is 28.5. The zero-order valence-electron chi connectivity index (χ0n) is 20.5. The van der Waals surface area contributed by atoms with Crippen molar-refractivity contribution in [3.05, 3.63) is 63.7 Å². The van der Waals surface area contributed by atoms with Crippen molar-refractivity contribution in [1.29, 1.82) is 0 Å². The van der Waals surface area contributed by atoms with Gasteiger partial charge < -0.3 is 10.6 Å². The Morgan fingerprint density at radius 1 is 1.15 bits per heavy atom. The predicted octanol–water partition coefficient (Wildman–Crippen LogP) is 4.61. The highest BCUT2D eigenvalue weighted by atomic mass is 35.5. The summed E-state index contributed by atoms with van der Waals surface area (Å²) in [4.78, 5) is 30.8. The lowest BCUT2D eigenvalue weighted by atomic mass is 10.0. The Labute approximate surface area is 231 Å². The van der Waals surface area contributed by atoms with Gasteiger partial charge in [-0.05, 0) is 32.0 Å². The minimum atomic E-state index is -4.88. The molecule has 0 saturated carbocycles. The van der Waals surface area contributed by atoms with Gasteiger partial charge in [-0.3, -0.25) is 18.9 Å². The molecule has 0 aliphatic rings. The first-order valence-corrected chi connectivity index (χ1v) is 13.5. The van der Waals surface area contributed by atoms with Crippen LogP contribution in [0.5, 0.6) is 0 Å². The Morgan fingerprint density at radius 3 is 2.51 bits per heavy atom. The smallest absolute Gasteiger partial charge is 0.346 e. The molecule has 0 fully saturated rings. The molecule has 2 amide bonds. The zero-order valence-corrected chi connectivity index (χ0v) is 22.8. The molecule has 1 unspecified atom stereocenters. The predicted molar refractivity (Wildman–Crippen MR) is 141 cm³/mol. The van der Waals surface area contributed by atoms with E-state index >= 15 is 0 Å². The Balaban J connectivity index is 1.82. The monoisotopic (exact) mass is 601 g/mol. The Kier molecular flexibility index (Phi) is 7.74. The van der Waals surface area contributed by atoms with Crippen LogP contribution in [0.15, 0.2) is 36.7 Å². The highest BCUT2D eigenvalue weighted by Crippen LogP contribution is 2.35. The molecule has 10 nitrogen and oxygen atoms in total. The van der Waals surface area contributed by atoms with Crippen LogP contribution in [-0.4, -0.2) is 58.5 Å². The molecule has 206 valence electrons. The fourth-order valence-corrected chi connectivity index (χ4v) is 5.42. The van der Waals surface area contributed by atoms with Crippen LogP contribution in [-0.2, 0) is 17.0 Å². The third-order valence-electron chi connectivity index (χ3n) is 5.34. The van der Waals surface area contributed by atoms with Crippen molar-refractivity contribution >= 4 is 62.4 Å². The molecule has 0 aliphatic heterocycles. The van der Waals surface area contributed by atoms with E-state index in [1.807, 2.05) is 0 Å². The highest BCUT2D eigenvalue weighted by Gasteiger charge is 2.37. The topological polar surface area (TPSA) is 135 Å². The molecule has 0 aliphatic carbocycles. The number of amides is 2. The maximum absolute atomic E-state index is 13.5. The van der Waals surface area contributed by atoms with Gasteiger partial charge in [-0.25, -0.2) is 9.67 Å². The number of hydrogen-bond donors (Lipinski definition) is 3. The Morgan fingerprint density at radius 2 is 1.87 bits per heavy atom. The third kappa shape index (κ3) is 6.07. The van der Waals surface area contributed by atoms with Gasteiger partial charge >= 0.3 is 6.18 Å². The molecular formula is C23H20Cl2F3N7O3S. The molecule has 4 rings (SSSR count). The summed E-state index contributed by atoms with van der Waals surface area (Å²) in [6.45, 7) is 3.32. The largest absolute Gasteiger partial charge is 0.435 e. The molecule has 3 N–H and O–H groups in total. The lowest BCUT2D eigenvalue weighted by Gasteiger charge is -2.26. The van der Waals surface area contributed by atoms with Crippen LogP contribution in [0.1, 0.15) is 40.4 Å². The second kappa shape index (κ2) is 10.6. The first-order valence-electron chi connectivity index (χ1n) is 11.1. The van der Waals surface area contributed by atoms with E-state index in [9.17, 15) is 27.0 Å². The summed E-state index contributed by atoms with van der Waals surface area (Å²) in [7, 11) is -1.25. The van der Waals surface area contributed by atoms with Crippen molar-refractivity contribution in [1.82, 2.24) is 30.3 Å². The van der Waals surface area contributed by atoms with Crippen LogP contribution in [0.2, 0.25) is 10.0 Å². The lowest BCUT2D eigenvalue weighted by Crippen LogP contribution is -2.47. The molecule has 1 atom stereocenters. The van der Waals surface area contributed by atoms with Crippen LogP contribution < -0.4 is 10.6 Å². The SMILES string of the molecule is CS(=O)CC(C)(C)NC(=O)c1c(NC(=O)c2cc(C(F)(F)F)nn2-c2ncccc2Cl)c(Cl)cc2cn[nH]c12. The minimum Gasteiger partial charge on any atom is -0.346 e. The normalized spacial score (nSPS) is 12.9. The number of carbonyl (C=O) groups excluding carboxylic acids is 2. The zero-order chi connectivity index (χ0) is 28.7. The van der Waals surface area contributed by atoms with Crippen molar-refractivity contribution in [2.24, 2.45) is 0 Å². The average Bonchev–Trinajstić information content (AvgIpc) is 3.45. The number of alkyl halides is 3. The molecule has 1 aromatic carbocycles. The summed E-state index contributed by atoms with van der Waals surface area (Å²) < 4.78 is 53.1. The van der Waals surface area contributed by atoms with Gasteiger partial charge in [0.2, 0.25) is 0 Å². The highest BCUT2D eigenvalue weighted by molar-refractivity contribution is 7.84. The molecule has 3 aromatic heterocycles. The number of benzene rings is 1. The minimum absolute atomic E-state index is 0.0594. The number of nitrogens with one attached hydrogen (secondary N) is 3. The lowest BCUT2D eigenvalue weighted by molar-refractivity contribution is -0.141. The van der Waals surface area contributed by atoms with E-state index in [1.165, 1.54) is 36.8 Å². The summed E-state index contributed by atoms with van der Waals surface area (Å²) in [5.41, 5.74) is -2.98. The van der Waals surface area contributed by atoms with Crippen LogP contribution in [0.25, 0.3) is 16.7 Å². The second-order valence-electron chi connectivity index (χ2n) is 9.09. The molecule has 0 bridgehead atoms. The molecule has 4 aromatic rings. The van der Waals surface area contributed by atoms with E-state index in [4.69, 9.17) is 23.2 Å². The number of nitrogens with zero attached hydrogens (tertiary/aromatic N) is 4. The van der Waals surface area contributed by atoms with Gasteiger partial charge in [0.25, 0.3) is 11.8 Å². The summed E-state index contributed by atoms with van der Waals surface area (Å²) >= 11 is 12.6. The third-order valence-corrected chi connectivity index (χ3v) is 7.06. The van der Waals surface area contributed by atoms with Crippen LogP contribution in [0, 0.1) is 0 Å².